The van der Waals surface area contributed by atoms with E-state index in [2.05, 4.69) is 10.2 Å². The van der Waals surface area contributed by atoms with Crippen molar-refractivity contribution >= 4 is 12.2 Å². The fourth-order valence-corrected chi connectivity index (χ4v) is 2.13. The fourth-order valence-electron chi connectivity index (χ4n) is 2.13. The first-order valence-electron chi connectivity index (χ1n) is 7.17. The van der Waals surface area contributed by atoms with Gasteiger partial charge in [-0.3, -0.25) is 9.69 Å². The second kappa shape index (κ2) is 9.04. The van der Waals surface area contributed by atoms with Crippen molar-refractivity contribution in [1.29, 1.82) is 0 Å². The number of likely N-dealkylation sites (tertiary alicyclic amines) is 1. The number of amides is 1. The van der Waals surface area contributed by atoms with Crippen molar-refractivity contribution < 1.29 is 14.3 Å². The van der Waals surface area contributed by atoms with Gasteiger partial charge in [0.05, 0.1) is 12.6 Å². The predicted molar refractivity (Wildman–Crippen MR) is 73.9 cm³/mol. The summed E-state index contributed by atoms with van der Waals surface area (Å²) in [5, 5.41) is 2.90. The van der Waals surface area contributed by atoms with Gasteiger partial charge in [0.2, 0.25) is 5.91 Å². The Hall–Kier alpha value is -0.940. The molecule has 110 valence electrons. The summed E-state index contributed by atoms with van der Waals surface area (Å²) >= 11 is 0. The number of carbonyl (C=O) groups is 2. The number of hydrogen-bond donors (Lipinski definition) is 1. The largest absolute Gasteiger partial charge is 0.379 e. The van der Waals surface area contributed by atoms with Crippen LogP contribution in [0.25, 0.3) is 0 Å². The highest BCUT2D eigenvalue weighted by molar-refractivity contribution is 5.78. The minimum atomic E-state index is 0.0640. The van der Waals surface area contributed by atoms with Gasteiger partial charge >= 0.3 is 0 Å². The number of nitrogens with zero attached hydrogens (tertiary/aromatic N) is 1. The second-order valence-electron chi connectivity index (χ2n) is 5.37. The lowest BCUT2D eigenvalue weighted by atomic mass is 9.99. The van der Waals surface area contributed by atoms with Crippen LogP contribution in [0.5, 0.6) is 0 Å². The van der Waals surface area contributed by atoms with Gasteiger partial charge in [0.25, 0.3) is 0 Å². The molecule has 1 aliphatic heterocycles. The molecule has 0 aromatic carbocycles. The average molecular weight is 270 g/mol. The Bertz CT molecular complexity index is 274. The Labute approximate surface area is 115 Å². The van der Waals surface area contributed by atoms with E-state index >= 15 is 0 Å². The van der Waals surface area contributed by atoms with Gasteiger partial charge in [0, 0.05) is 19.1 Å². The molecule has 1 fully saturated rings. The first-order valence-corrected chi connectivity index (χ1v) is 7.17. The third-order valence-corrected chi connectivity index (χ3v) is 3.29. The van der Waals surface area contributed by atoms with E-state index in [1.807, 2.05) is 13.8 Å². The molecule has 1 saturated heterocycles. The Balaban J connectivity index is 2.03. The summed E-state index contributed by atoms with van der Waals surface area (Å²) in [6, 6.07) is 0. The first-order chi connectivity index (χ1) is 9.11. The SMILES string of the molecule is CC(C)OCCCNC(=O)CN1CCC(C=O)CC1. The van der Waals surface area contributed by atoms with Crippen LogP contribution in [-0.4, -0.2) is 56.0 Å². The van der Waals surface area contributed by atoms with Crippen LogP contribution >= 0.6 is 0 Å². The van der Waals surface area contributed by atoms with Crippen LogP contribution in [0.3, 0.4) is 0 Å². The van der Waals surface area contributed by atoms with Crippen molar-refractivity contribution in [3.63, 3.8) is 0 Å². The van der Waals surface area contributed by atoms with E-state index in [4.69, 9.17) is 4.74 Å². The van der Waals surface area contributed by atoms with E-state index in [0.717, 1.165) is 38.6 Å². The number of carbonyl (C=O) groups excluding carboxylic acids is 2. The zero-order valence-corrected chi connectivity index (χ0v) is 12.1. The van der Waals surface area contributed by atoms with Crippen molar-refractivity contribution in [1.82, 2.24) is 10.2 Å². The molecule has 0 aromatic heterocycles. The molecular formula is C14H26N2O3. The number of piperidine rings is 1. The number of rotatable bonds is 8. The molecular weight excluding hydrogens is 244 g/mol. The summed E-state index contributed by atoms with van der Waals surface area (Å²) in [4.78, 5) is 24.4. The molecule has 0 aromatic rings. The molecule has 0 radical (unpaired) electrons. The summed E-state index contributed by atoms with van der Waals surface area (Å²) in [5.74, 6) is 0.251. The highest BCUT2D eigenvalue weighted by Gasteiger charge is 2.19. The van der Waals surface area contributed by atoms with E-state index in [0.29, 0.717) is 19.7 Å². The molecule has 1 N–H and O–H groups in total. The molecule has 0 atom stereocenters. The zero-order chi connectivity index (χ0) is 14.1. The van der Waals surface area contributed by atoms with Gasteiger partial charge in [-0.25, -0.2) is 0 Å². The molecule has 1 amide bonds. The van der Waals surface area contributed by atoms with E-state index in [-0.39, 0.29) is 17.9 Å². The van der Waals surface area contributed by atoms with E-state index < -0.39 is 0 Å². The molecule has 0 spiro atoms. The van der Waals surface area contributed by atoms with E-state index in [1.54, 1.807) is 0 Å². The molecule has 1 rings (SSSR count). The first kappa shape index (κ1) is 16.1. The molecule has 5 nitrogen and oxygen atoms in total. The van der Waals surface area contributed by atoms with Crippen LogP contribution in [0, 0.1) is 5.92 Å². The van der Waals surface area contributed by atoms with Gasteiger partial charge in [0.1, 0.15) is 6.29 Å². The molecule has 0 saturated carbocycles. The van der Waals surface area contributed by atoms with E-state index in [1.165, 1.54) is 0 Å². The molecule has 0 aliphatic carbocycles. The average Bonchev–Trinajstić information content (AvgIpc) is 2.39. The third-order valence-electron chi connectivity index (χ3n) is 3.29. The topological polar surface area (TPSA) is 58.6 Å². The van der Waals surface area contributed by atoms with Gasteiger partial charge in [0.15, 0.2) is 0 Å². The lowest BCUT2D eigenvalue weighted by Crippen LogP contribution is -2.42. The zero-order valence-electron chi connectivity index (χ0n) is 12.1. The van der Waals surface area contributed by atoms with Crippen LogP contribution in [-0.2, 0) is 14.3 Å². The smallest absolute Gasteiger partial charge is 0.234 e. The van der Waals surface area contributed by atoms with Crippen molar-refractivity contribution in [2.24, 2.45) is 5.92 Å². The van der Waals surface area contributed by atoms with Crippen molar-refractivity contribution in [3.8, 4) is 0 Å². The Morgan fingerprint density at radius 2 is 2.11 bits per heavy atom. The fraction of sp³-hybridized carbons (Fsp3) is 0.857. The number of nitrogens with one attached hydrogen (secondary N) is 1. The standard InChI is InChI=1S/C14H26N2O3/c1-12(2)19-9-3-6-15-14(18)10-16-7-4-13(11-17)5-8-16/h11-13H,3-10H2,1-2H3,(H,15,18). The lowest BCUT2D eigenvalue weighted by molar-refractivity contribution is -0.122. The number of ether oxygens (including phenoxy) is 1. The summed E-state index contributed by atoms with van der Waals surface area (Å²) in [6.45, 7) is 7.47. The maximum Gasteiger partial charge on any atom is 0.234 e. The molecule has 1 heterocycles. The predicted octanol–water partition coefficient (Wildman–Crippen LogP) is 0.829. The Morgan fingerprint density at radius 1 is 1.42 bits per heavy atom. The maximum absolute atomic E-state index is 11.7. The normalized spacial score (nSPS) is 17.6. The quantitative estimate of drug-likeness (QED) is 0.524. The second-order valence-corrected chi connectivity index (χ2v) is 5.37. The van der Waals surface area contributed by atoms with Crippen LogP contribution in [0.4, 0.5) is 0 Å². The van der Waals surface area contributed by atoms with Gasteiger partial charge in [-0.05, 0) is 46.2 Å². The van der Waals surface area contributed by atoms with Crippen LogP contribution in [0.1, 0.15) is 33.1 Å². The monoisotopic (exact) mass is 270 g/mol. The Morgan fingerprint density at radius 3 is 2.68 bits per heavy atom. The van der Waals surface area contributed by atoms with Crippen LogP contribution < -0.4 is 5.32 Å². The van der Waals surface area contributed by atoms with E-state index in [9.17, 15) is 9.59 Å². The summed E-state index contributed by atoms with van der Waals surface area (Å²) in [7, 11) is 0. The minimum Gasteiger partial charge on any atom is -0.379 e. The van der Waals surface area contributed by atoms with Gasteiger partial charge in [-0.15, -0.1) is 0 Å². The third kappa shape index (κ3) is 7.28. The van der Waals surface area contributed by atoms with Crippen LogP contribution in [0.15, 0.2) is 0 Å². The van der Waals surface area contributed by atoms with Gasteiger partial charge < -0.3 is 14.8 Å². The number of hydrogen-bond acceptors (Lipinski definition) is 4. The molecule has 19 heavy (non-hydrogen) atoms. The molecule has 0 bridgehead atoms. The van der Waals surface area contributed by atoms with Crippen molar-refractivity contribution in [2.75, 3.05) is 32.8 Å². The minimum absolute atomic E-state index is 0.0640. The highest BCUT2D eigenvalue weighted by atomic mass is 16.5. The summed E-state index contributed by atoms with van der Waals surface area (Å²) in [5.41, 5.74) is 0. The molecule has 1 aliphatic rings. The van der Waals surface area contributed by atoms with Gasteiger partial charge in [-0.1, -0.05) is 0 Å². The Kier molecular flexibility index (Phi) is 7.67. The summed E-state index contributed by atoms with van der Waals surface area (Å²) in [6.07, 6.45) is 3.87. The highest BCUT2D eigenvalue weighted by Crippen LogP contribution is 2.14. The lowest BCUT2D eigenvalue weighted by Gasteiger charge is -2.28. The van der Waals surface area contributed by atoms with Gasteiger partial charge in [-0.2, -0.15) is 0 Å². The van der Waals surface area contributed by atoms with Crippen LogP contribution in [0.2, 0.25) is 0 Å². The van der Waals surface area contributed by atoms with Crippen molar-refractivity contribution in [2.45, 2.75) is 39.2 Å². The summed E-state index contributed by atoms with van der Waals surface area (Å²) < 4.78 is 5.40. The molecule has 5 heteroatoms. The van der Waals surface area contributed by atoms with Crippen molar-refractivity contribution in [3.05, 3.63) is 0 Å². The maximum atomic E-state index is 11.7. The molecule has 0 unspecified atom stereocenters. The number of aldehydes is 1.